The highest BCUT2D eigenvalue weighted by molar-refractivity contribution is 5.89. The Morgan fingerprint density at radius 2 is 1.72 bits per heavy atom. The van der Waals surface area contributed by atoms with Crippen LogP contribution in [0.15, 0.2) is 17.2 Å². The molecule has 0 radical (unpaired) electrons. The summed E-state index contributed by atoms with van der Waals surface area (Å²) in [4.78, 5) is 28.4. The van der Waals surface area contributed by atoms with Crippen LogP contribution in [0.3, 0.4) is 0 Å². The smallest absolute Gasteiger partial charge is 0.331 e. The van der Waals surface area contributed by atoms with Gasteiger partial charge in [-0.3, -0.25) is 4.79 Å². The number of methoxy groups -OCH3 is 1. The number of azide groups is 1. The Hall–Kier alpha value is -2.53. The fourth-order valence-corrected chi connectivity index (χ4v) is 4.65. The molecule has 0 unspecified atom stereocenters. The molecule has 4 rings (SSSR count). The predicted molar refractivity (Wildman–Crippen MR) is 109 cm³/mol. The van der Waals surface area contributed by atoms with E-state index in [0.29, 0.717) is 24.7 Å². The summed E-state index contributed by atoms with van der Waals surface area (Å²) in [7, 11) is 1.38. The van der Waals surface area contributed by atoms with Gasteiger partial charge < -0.3 is 10.1 Å². The number of hydrogen-bond donors (Lipinski definition) is 1. The number of esters is 1. The van der Waals surface area contributed by atoms with Gasteiger partial charge in [0.25, 0.3) is 0 Å². The summed E-state index contributed by atoms with van der Waals surface area (Å²) in [5.74, 6) is 0.352. The van der Waals surface area contributed by atoms with Crippen LogP contribution < -0.4 is 5.32 Å². The predicted octanol–water partition coefficient (Wildman–Crippen LogP) is 4.92. The number of hydrogen-bond acceptors (Lipinski definition) is 4. The average molecular weight is 396 g/mol. The lowest BCUT2D eigenvalue weighted by Crippen LogP contribution is -2.56. The Morgan fingerprint density at radius 1 is 1.14 bits per heavy atom. The number of rotatable bonds is 7. The van der Waals surface area contributed by atoms with Gasteiger partial charge in [-0.15, -0.1) is 0 Å². The zero-order valence-corrected chi connectivity index (χ0v) is 16.9. The number of carbonyl (C=O) groups excluding carboxylic acids is 2. The van der Waals surface area contributed by atoms with Gasteiger partial charge >= 0.3 is 5.97 Å². The van der Waals surface area contributed by atoms with Crippen LogP contribution in [0.5, 0.6) is 0 Å². The van der Waals surface area contributed by atoms with E-state index in [2.05, 4.69) is 15.3 Å². The third-order valence-electron chi connectivity index (χ3n) is 6.43. The summed E-state index contributed by atoms with van der Waals surface area (Å²) in [6, 6.07) is 4.05. The maximum Gasteiger partial charge on any atom is 0.331 e. The monoisotopic (exact) mass is 396 g/mol. The fourth-order valence-electron chi connectivity index (χ4n) is 4.65. The van der Waals surface area contributed by atoms with Crippen LogP contribution in [0.1, 0.15) is 86.3 Å². The lowest BCUT2D eigenvalue weighted by atomic mass is 9.81. The topological polar surface area (TPSA) is 104 Å². The molecular formula is C22H28N4O3. The lowest BCUT2D eigenvalue weighted by Gasteiger charge is -2.35. The number of amides is 1. The van der Waals surface area contributed by atoms with Crippen molar-refractivity contribution in [1.29, 1.82) is 0 Å². The normalized spacial score (nSPS) is 20.4. The molecule has 7 nitrogen and oxygen atoms in total. The van der Waals surface area contributed by atoms with Gasteiger partial charge in [-0.2, -0.15) is 0 Å². The molecule has 1 amide bonds. The zero-order valence-electron chi connectivity index (χ0n) is 16.9. The second-order valence-electron chi connectivity index (χ2n) is 8.72. The molecule has 0 heterocycles. The molecule has 29 heavy (non-hydrogen) atoms. The third-order valence-corrected chi connectivity index (χ3v) is 6.43. The van der Waals surface area contributed by atoms with Crippen LogP contribution >= 0.6 is 0 Å². The van der Waals surface area contributed by atoms with Gasteiger partial charge in [-0.1, -0.05) is 36.5 Å². The molecule has 0 atom stereocenters. The van der Waals surface area contributed by atoms with Crippen LogP contribution in [0.25, 0.3) is 10.4 Å². The molecule has 3 aliphatic rings. The summed E-state index contributed by atoms with van der Waals surface area (Å²) in [6.07, 6.45) is 8.75. The highest BCUT2D eigenvalue weighted by atomic mass is 16.5. The summed E-state index contributed by atoms with van der Waals surface area (Å²) in [6.45, 7) is 0. The molecule has 1 aromatic rings. The lowest BCUT2D eigenvalue weighted by molar-refractivity contribution is -0.152. The Labute approximate surface area is 170 Å². The van der Waals surface area contributed by atoms with Crippen LogP contribution in [0, 0.1) is 0 Å². The first-order valence-electron chi connectivity index (χ1n) is 10.7. The SMILES string of the molecule is COC(=O)C1(NC(=O)Cc2cc(C3CC3)c(N=[N+]=[N-])c(C3CC3)c2)CCCCC1. The summed E-state index contributed by atoms with van der Waals surface area (Å²) >= 11 is 0. The standard InChI is InChI=1S/C22H28N4O3/c1-29-21(28)22(9-3-2-4-10-22)24-19(27)13-14-11-17(15-5-6-15)20(25-26-23)18(12-14)16-7-8-16/h11-12,15-16H,2-10,13H2,1H3,(H,24,27). The van der Waals surface area contributed by atoms with E-state index in [4.69, 9.17) is 10.3 Å². The Kier molecular flexibility index (Phi) is 5.50. The summed E-state index contributed by atoms with van der Waals surface area (Å²) < 4.78 is 5.00. The van der Waals surface area contributed by atoms with Crippen molar-refractivity contribution >= 4 is 17.6 Å². The number of carbonyl (C=O) groups is 2. The van der Waals surface area contributed by atoms with Crippen LogP contribution in [-0.2, 0) is 20.7 Å². The molecule has 154 valence electrons. The van der Waals surface area contributed by atoms with E-state index >= 15 is 0 Å². The van der Waals surface area contributed by atoms with Crippen LogP contribution in [0.4, 0.5) is 5.69 Å². The van der Waals surface area contributed by atoms with Crippen molar-refractivity contribution in [2.24, 2.45) is 5.11 Å². The van der Waals surface area contributed by atoms with Crippen molar-refractivity contribution in [2.75, 3.05) is 7.11 Å². The summed E-state index contributed by atoms with van der Waals surface area (Å²) in [5, 5.41) is 7.01. The maximum absolute atomic E-state index is 12.9. The minimum Gasteiger partial charge on any atom is -0.467 e. The molecule has 3 aliphatic carbocycles. The second-order valence-corrected chi connectivity index (χ2v) is 8.72. The van der Waals surface area contributed by atoms with Gasteiger partial charge in [-0.05, 0) is 72.6 Å². The maximum atomic E-state index is 12.9. The van der Waals surface area contributed by atoms with E-state index in [0.717, 1.165) is 67.3 Å². The molecule has 3 saturated carbocycles. The summed E-state index contributed by atoms with van der Waals surface area (Å²) in [5.41, 5.74) is 12.0. The van der Waals surface area contributed by atoms with E-state index in [1.165, 1.54) is 7.11 Å². The highest BCUT2D eigenvalue weighted by Gasteiger charge is 2.42. The molecule has 0 saturated heterocycles. The fraction of sp³-hybridized carbons (Fsp3) is 0.636. The van der Waals surface area contributed by atoms with E-state index in [1.807, 2.05) is 12.1 Å². The van der Waals surface area contributed by atoms with Gasteiger partial charge in [0, 0.05) is 10.6 Å². The van der Waals surface area contributed by atoms with Crippen molar-refractivity contribution in [3.8, 4) is 0 Å². The van der Waals surface area contributed by atoms with Crippen molar-refractivity contribution in [2.45, 2.75) is 81.6 Å². The van der Waals surface area contributed by atoms with E-state index in [9.17, 15) is 9.59 Å². The largest absolute Gasteiger partial charge is 0.467 e. The Balaban J connectivity index is 1.58. The van der Waals surface area contributed by atoms with Gasteiger partial charge in [0.1, 0.15) is 5.54 Å². The van der Waals surface area contributed by atoms with Gasteiger partial charge in [0.2, 0.25) is 5.91 Å². The third kappa shape index (κ3) is 4.25. The minimum absolute atomic E-state index is 0.155. The first kappa shape index (κ1) is 19.8. The van der Waals surface area contributed by atoms with Crippen LogP contribution in [0.2, 0.25) is 0 Å². The number of benzene rings is 1. The number of nitrogens with zero attached hydrogens (tertiary/aromatic N) is 3. The zero-order chi connectivity index (χ0) is 20.4. The van der Waals surface area contributed by atoms with Crippen LogP contribution in [-0.4, -0.2) is 24.5 Å². The van der Waals surface area contributed by atoms with Gasteiger partial charge in [-0.25, -0.2) is 4.79 Å². The minimum atomic E-state index is -0.895. The average Bonchev–Trinajstić information content (AvgIpc) is 3.62. The van der Waals surface area contributed by atoms with Gasteiger partial charge in [0.15, 0.2) is 0 Å². The molecule has 0 aromatic heterocycles. The first-order chi connectivity index (χ1) is 14.1. The molecule has 3 fully saturated rings. The Morgan fingerprint density at radius 3 is 2.21 bits per heavy atom. The van der Waals surface area contributed by atoms with Crippen molar-refractivity contribution in [3.05, 3.63) is 39.3 Å². The number of nitrogens with one attached hydrogen (secondary N) is 1. The molecule has 0 bridgehead atoms. The molecular weight excluding hydrogens is 368 g/mol. The molecule has 0 spiro atoms. The van der Waals surface area contributed by atoms with Gasteiger partial charge in [0.05, 0.1) is 13.5 Å². The Bertz CT molecular complexity index is 828. The first-order valence-corrected chi connectivity index (χ1v) is 10.7. The van der Waals surface area contributed by atoms with E-state index < -0.39 is 5.54 Å². The van der Waals surface area contributed by atoms with Crippen molar-refractivity contribution < 1.29 is 14.3 Å². The molecule has 1 N–H and O–H groups in total. The second kappa shape index (κ2) is 8.07. The van der Waals surface area contributed by atoms with Crippen molar-refractivity contribution in [3.63, 3.8) is 0 Å². The van der Waals surface area contributed by atoms with E-state index in [1.54, 1.807) is 0 Å². The quantitative estimate of drug-likeness (QED) is 0.306. The molecule has 1 aromatic carbocycles. The van der Waals surface area contributed by atoms with E-state index in [-0.39, 0.29) is 18.3 Å². The molecule has 7 heteroatoms. The van der Waals surface area contributed by atoms with Crippen molar-refractivity contribution in [1.82, 2.24) is 5.32 Å². The number of ether oxygens (including phenoxy) is 1. The highest BCUT2D eigenvalue weighted by Crippen LogP contribution is 2.51. The molecule has 0 aliphatic heterocycles.